The first kappa shape index (κ1) is 23.9. The molecule has 0 saturated heterocycles. The second-order valence-corrected chi connectivity index (χ2v) is 7.64. The summed E-state index contributed by atoms with van der Waals surface area (Å²) in [6.45, 7) is -1.30. The maximum absolute atomic E-state index is 10.9. The van der Waals surface area contributed by atoms with E-state index in [1.165, 1.54) is 0 Å². The van der Waals surface area contributed by atoms with Crippen LogP contribution in [-0.4, -0.2) is 76.9 Å². The van der Waals surface area contributed by atoms with Crippen molar-refractivity contribution in [3.05, 3.63) is 0 Å². The van der Waals surface area contributed by atoms with Crippen molar-refractivity contribution in [2.45, 2.75) is 24.4 Å². The molecule has 0 radical (unpaired) electrons. The Labute approximate surface area is 133 Å². The van der Waals surface area contributed by atoms with Crippen LogP contribution in [0.4, 0.5) is 0 Å². The van der Waals surface area contributed by atoms with Crippen molar-refractivity contribution in [2.24, 2.45) is 0 Å². The van der Waals surface area contributed by atoms with Crippen LogP contribution in [0.25, 0.3) is 0 Å². The predicted octanol–water partition coefficient (Wildman–Crippen LogP) is -3.03. The van der Waals surface area contributed by atoms with Crippen LogP contribution in [0, 0.1) is 0 Å². The van der Waals surface area contributed by atoms with Crippen molar-refractivity contribution in [3.8, 4) is 0 Å². The van der Waals surface area contributed by atoms with E-state index in [4.69, 9.17) is 34.5 Å². The number of carbonyl (C=O) groups is 1. The first-order valence-corrected chi connectivity index (χ1v) is 10.1. The first-order chi connectivity index (χ1) is 10.6. The second-order valence-electron chi connectivity index (χ2n) is 4.07. The number of aliphatic hydroxyl groups excluding tert-OH is 2. The molecule has 0 aromatic heterocycles. The molecule has 0 saturated carbocycles. The van der Waals surface area contributed by atoms with Gasteiger partial charge in [-0.15, -0.1) is 0 Å². The number of hydrogen-bond acceptors (Lipinski definition) is 9. The van der Waals surface area contributed by atoms with Gasteiger partial charge in [0.2, 0.25) is 0 Å². The summed E-state index contributed by atoms with van der Waals surface area (Å²) in [6.07, 6.45) is -10.4. The lowest BCUT2D eigenvalue weighted by atomic mass is 10.0. The van der Waals surface area contributed by atoms with E-state index in [1.54, 1.807) is 0 Å². The Bertz CT molecular complexity index is 543. The van der Waals surface area contributed by atoms with Crippen molar-refractivity contribution in [2.75, 3.05) is 6.61 Å². The normalized spacial score (nSPS) is 18.7. The summed E-state index contributed by atoms with van der Waals surface area (Å²) in [6, 6.07) is 0. The number of phosphoric acid groups is 3. The summed E-state index contributed by atoms with van der Waals surface area (Å²) in [5.41, 5.74) is 0. The molecule has 0 heterocycles. The topological polar surface area (TPSA) is 258 Å². The van der Waals surface area contributed by atoms with Gasteiger partial charge in [-0.05, 0) is 0 Å². The molecular weight excluding hydrogens is 405 g/mol. The highest BCUT2D eigenvalue weighted by atomic mass is 31.2. The zero-order valence-corrected chi connectivity index (χ0v) is 14.1. The lowest BCUT2D eigenvalue weighted by molar-refractivity contribution is -0.131. The van der Waals surface area contributed by atoms with Crippen molar-refractivity contribution >= 4 is 29.8 Å². The molecule has 0 amide bonds. The highest BCUT2D eigenvalue weighted by molar-refractivity contribution is 7.47. The molecule has 0 aliphatic carbocycles. The van der Waals surface area contributed by atoms with Crippen LogP contribution < -0.4 is 0 Å². The van der Waals surface area contributed by atoms with Crippen molar-refractivity contribution in [3.63, 3.8) is 0 Å². The molecule has 0 aromatic rings. The van der Waals surface area contributed by atoms with E-state index in [1.807, 2.05) is 0 Å². The minimum atomic E-state index is -5.54. The monoisotopic (exact) mass is 420 g/mol. The molecule has 0 aromatic carbocycles. The summed E-state index contributed by atoms with van der Waals surface area (Å²) in [5.74, 6) is 0. The molecule has 24 heavy (non-hydrogen) atoms. The van der Waals surface area contributed by atoms with E-state index in [0.717, 1.165) is 0 Å². The van der Waals surface area contributed by atoms with Gasteiger partial charge in [0, 0.05) is 0 Å². The van der Waals surface area contributed by atoms with Crippen molar-refractivity contribution < 1.29 is 71.6 Å². The summed E-state index contributed by atoms with van der Waals surface area (Å²) in [7, 11) is -16.5. The molecule has 4 atom stereocenters. The van der Waals surface area contributed by atoms with Gasteiger partial charge in [-0.25, -0.2) is 13.7 Å². The van der Waals surface area contributed by atoms with Gasteiger partial charge in [0.25, 0.3) is 0 Å². The van der Waals surface area contributed by atoms with Crippen LogP contribution in [-0.2, 0) is 32.1 Å². The van der Waals surface area contributed by atoms with Crippen LogP contribution in [0.15, 0.2) is 0 Å². The van der Waals surface area contributed by atoms with E-state index in [0.29, 0.717) is 0 Å². The maximum Gasteiger partial charge on any atom is 0.470 e. The molecule has 0 fully saturated rings. The average Bonchev–Trinajstić information content (AvgIpc) is 2.36. The van der Waals surface area contributed by atoms with Gasteiger partial charge in [0.1, 0.15) is 18.3 Å². The van der Waals surface area contributed by atoms with Gasteiger partial charge in [0.15, 0.2) is 12.4 Å². The Kier molecular flexibility index (Phi) is 9.00. The Morgan fingerprint density at radius 2 is 1.17 bits per heavy atom. The molecule has 15 nitrogen and oxygen atoms in total. The van der Waals surface area contributed by atoms with Crippen LogP contribution in [0.5, 0.6) is 0 Å². The number of aldehydes is 1. The molecule has 18 heteroatoms. The third-order valence-electron chi connectivity index (χ3n) is 2.13. The summed E-state index contributed by atoms with van der Waals surface area (Å²) in [4.78, 5) is 63.2. The maximum atomic E-state index is 10.9. The third kappa shape index (κ3) is 10.0. The Morgan fingerprint density at radius 1 is 0.792 bits per heavy atom. The molecule has 0 aliphatic heterocycles. The van der Waals surface area contributed by atoms with Crippen LogP contribution in [0.2, 0.25) is 0 Å². The average molecular weight is 420 g/mol. The number of hydrogen-bond donors (Lipinski definition) is 8. The van der Waals surface area contributed by atoms with E-state index >= 15 is 0 Å². The number of rotatable bonds is 11. The molecule has 0 aliphatic rings. The number of aliphatic hydroxyl groups is 2. The van der Waals surface area contributed by atoms with Gasteiger partial charge in [0.05, 0.1) is 6.61 Å². The smallest absolute Gasteiger partial charge is 0.394 e. The molecule has 0 spiro atoms. The third-order valence-corrected chi connectivity index (χ3v) is 3.68. The first-order valence-electron chi connectivity index (χ1n) is 5.55. The molecule has 0 unspecified atom stereocenters. The molecular formula is C6H15O15P3. The predicted molar refractivity (Wildman–Crippen MR) is 69.9 cm³/mol. The minimum Gasteiger partial charge on any atom is -0.394 e. The standard InChI is InChI=1S/C6H15O15P3/c7-1-3(9)5(20-23(13,14)15)6(21-24(16,17)18)4(2-8)19-22(10,11)12/h2-7,9H,1H2,(H2,10,11,12)(H2,13,14,15)(H2,16,17,18)/t3-,4-,5+,6+/m1/s1. The lowest BCUT2D eigenvalue weighted by Gasteiger charge is -2.32. The van der Waals surface area contributed by atoms with Gasteiger partial charge in [-0.3, -0.25) is 13.6 Å². The number of phosphoric ester groups is 3. The largest absolute Gasteiger partial charge is 0.470 e. The molecule has 144 valence electrons. The molecule has 8 N–H and O–H groups in total. The SMILES string of the molecule is O=C[C@@H](OP(=O)(O)O)[C@H](OP(=O)(O)O)[C@@H](OP(=O)(O)O)[C@H](O)CO. The van der Waals surface area contributed by atoms with Gasteiger partial charge < -0.3 is 44.4 Å². The molecule has 0 bridgehead atoms. The number of carbonyl (C=O) groups excluding carboxylic acids is 1. The Balaban J connectivity index is 5.91. The van der Waals surface area contributed by atoms with E-state index in [2.05, 4.69) is 13.6 Å². The Morgan fingerprint density at radius 3 is 1.46 bits per heavy atom. The zero-order valence-electron chi connectivity index (χ0n) is 11.4. The van der Waals surface area contributed by atoms with E-state index < -0.39 is 60.8 Å². The molecule has 0 rings (SSSR count). The van der Waals surface area contributed by atoms with Gasteiger partial charge in [-0.1, -0.05) is 0 Å². The van der Waals surface area contributed by atoms with Gasteiger partial charge in [-0.2, -0.15) is 0 Å². The van der Waals surface area contributed by atoms with E-state index in [9.17, 15) is 23.6 Å². The summed E-state index contributed by atoms with van der Waals surface area (Å²) < 4.78 is 44.4. The van der Waals surface area contributed by atoms with Crippen LogP contribution in [0.1, 0.15) is 0 Å². The summed E-state index contributed by atoms with van der Waals surface area (Å²) in [5, 5.41) is 18.3. The lowest BCUT2D eigenvalue weighted by Crippen LogP contribution is -2.49. The van der Waals surface area contributed by atoms with Crippen molar-refractivity contribution in [1.82, 2.24) is 0 Å². The Hall–Kier alpha value is -0.0800. The van der Waals surface area contributed by atoms with Crippen molar-refractivity contribution in [1.29, 1.82) is 0 Å². The van der Waals surface area contributed by atoms with Crippen LogP contribution >= 0.6 is 23.5 Å². The highest BCUT2D eigenvalue weighted by Gasteiger charge is 2.45. The van der Waals surface area contributed by atoms with Gasteiger partial charge >= 0.3 is 23.5 Å². The zero-order chi connectivity index (χ0) is 19.3. The fourth-order valence-corrected chi connectivity index (χ4v) is 3.02. The second kappa shape index (κ2) is 9.03. The van der Waals surface area contributed by atoms with E-state index in [-0.39, 0.29) is 0 Å². The quantitative estimate of drug-likeness (QED) is 0.122. The van der Waals surface area contributed by atoms with Crippen LogP contribution in [0.3, 0.4) is 0 Å². The minimum absolute atomic E-state index is 0.431. The fraction of sp³-hybridized carbons (Fsp3) is 0.833. The summed E-state index contributed by atoms with van der Waals surface area (Å²) >= 11 is 0. The highest BCUT2D eigenvalue weighted by Crippen LogP contribution is 2.46. The fourth-order valence-electron chi connectivity index (χ4n) is 1.40.